The van der Waals surface area contributed by atoms with Gasteiger partial charge in [0.15, 0.2) is 0 Å². The highest BCUT2D eigenvalue weighted by Gasteiger charge is 2.70. The van der Waals surface area contributed by atoms with Gasteiger partial charge in [0.1, 0.15) is 17.1 Å². The number of aromatic hydroxyl groups is 1. The standard InChI is InChI=1S/C26H26FN3O4/c27-15-8-11-19-18(13-15)26(25(34)28-19)22-21(20(29-26)12-14-6-9-17(31)10-7-14)23(32)30(24(22)33)16-4-2-1-3-5-16/h6-11,13,16,20-22,29,31H,1-5,12H2,(H,28,34)/t20-,21+,22+,26-/m0/s1. The molecular formula is C26H26FN3O4. The second-order valence-electron chi connectivity index (χ2n) is 9.92. The molecule has 0 aromatic heterocycles. The molecule has 6 rings (SSSR count). The number of imide groups is 1. The molecule has 4 aliphatic rings. The number of nitrogens with one attached hydrogen (secondary N) is 2. The van der Waals surface area contributed by atoms with Gasteiger partial charge in [-0.1, -0.05) is 31.4 Å². The molecule has 1 aliphatic carbocycles. The molecule has 0 unspecified atom stereocenters. The van der Waals surface area contributed by atoms with Gasteiger partial charge in [-0.25, -0.2) is 4.39 Å². The average molecular weight is 464 g/mol. The van der Waals surface area contributed by atoms with Crippen molar-refractivity contribution >= 4 is 23.4 Å². The summed E-state index contributed by atoms with van der Waals surface area (Å²) in [5.74, 6) is -3.05. The number of phenols is 1. The van der Waals surface area contributed by atoms with E-state index in [1.54, 1.807) is 24.3 Å². The van der Waals surface area contributed by atoms with Gasteiger partial charge in [0.2, 0.25) is 17.7 Å². The highest BCUT2D eigenvalue weighted by molar-refractivity contribution is 6.15. The molecule has 2 aromatic carbocycles. The Labute approximate surface area is 196 Å². The first kappa shape index (κ1) is 21.3. The number of hydrogen-bond donors (Lipinski definition) is 3. The van der Waals surface area contributed by atoms with Crippen LogP contribution in [-0.4, -0.2) is 39.8 Å². The molecule has 34 heavy (non-hydrogen) atoms. The molecule has 3 heterocycles. The molecule has 2 saturated heterocycles. The van der Waals surface area contributed by atoms with E-state index in [-0.39, 0.29) is 23.6 Å². The lowest BCUT2D eigenvalue weighted by molar-refractivity contribution is -0.146. The van der Waals surface area contributed by atoms with Crippen molar-refractivity contribution in [2.24, 2.45) is 11.8 Å². The lowest BCUT2D eigenvalue weighted by Crippen LogP contribution is -2.54. The molecule has 0 radical (unpaired) electrons. The van der Waals surface area contributed by atoms with E-state index < -0.39 is 35.1 Å². The molecule has 0 bridgehead atoms. The number of halogens is 1. The van der Waals surface area contributed by atoms with Crippen LogP contribution in [0.25, 0.3) is 0 Å². The summed E-state index contributed by atoms with van der Waals surface area (Å²) >= 11 is 0. The molecule has 3 aliphatic heterocycles. The van der Waals surface area contributed by atoms with E-state index in [0.29, 0.717) is 17.7 Å². The number of benzene rings is 2. The molecule has 3 N–H and O–H groups in total. The van der Waals surface area contributed by atoms with E-state index in [4.69, 9.17) is 0 Å². The van der Waals surface area contributed by atoms with E-state index in [9.17, 15) is 23.9 Å². The van der Waals surface area contributed by atoms with Crippen molar-refractivity contribution in [3.05, 3.63) is 59.4 Å². The Hall–Kier alpha value is -3.26. The van der Waals surface area contributed by atoms with Crippen LogP contribution in [-0.2, 0) is 26.3 Å². The van der Waals surface area contributed by atoms with Gasteiger partial charge in [-0.15, -0.1) is 0 Å². The summed E-state index contributed by atoms with van der Waals surface area (Å²) in [4.78, 5) is 42.6. The summed E-state index contributed by atoms with van der Waals surface area (Å²) in [5, 5.41) is 15.8. The second kappa shape index (κ2) is 7.63. The van der Waals surface area contributed by atoms with Gasteiger partial charge >= 0.3 is 0 Å². The zero-order chi connectivity index (χ0) is 23.6. The quantitative estimate of drug-likeness (QED) is 0.608. The van der Waals surface area contributed by atoms with Gasteiger partial charge in [0.25, 0.3) is 0 Å². The van der Waals surface area contributed by atoms with Crippen molar-refractivity contribution in [2.45, 2.75) is 56.1 Å². The third-order valence-electron chi connectivity index (χ3n) is 8.04. The average Bonchev–Trinajstić information content (AvgIpc) is 3.40. The van der Waals surface area contributed by atoms with Crippen molar-refractivity contribution in [3.63, 3.8) is 0 Å². The Balaban J connectivity index is 1.46. The minimum Gasteiger partial charge on any atom is -0.508 e. The molecule has 176 valence electrons. The number of nitrogens with zero attached hydrogens (tertiary/aromatic N) is 1. The first-order valence-corrected chi connectivity index (χ1v) is 11.9. The summed E-state index contributed by atoms with van der Waals surface area (Å²) < 4.78 is 14.3. The molecular weight excluding hydrogens is 437 g/mol. The molecule has 7 nitrogen and oxygen atoms in total. The first-order chi connectivity index (χ1) is 16.4. The van der Waals surface area contributed by atoms with Crippen LogP contribution in [0, 0.1) is 17.7 Å². The fourth-order valence-electron chi connectivity index (χ4n) is 6.56. The number of amides is 3. The summed E-state index contributed by atoms with van der Waals surface area (Å²) in [6, 6.07) is 10.1. The maximum absolute atomic E-state index is 14.3. The van der Waals surface area contributed by atoms with E-state index >= 15 is 0 Å². The van der Waals surface area contributed by atoms with Crippen molar-refractivity contribution in [3.8, 4) is 5.75 Å². The number of likely N-dealkylation sites (tertiary alicyclic amines) is 1. The van der Waals surface area contributed by atoms with Crippen molar-refractivity contribution in [2.75, 3.05) is 5.32 Å². The van der Waals surface area contributed by atoms with Gasteiger partial charge < -0.3 is 10.4 Å². The third kappa shape index (κ3) is 2.94. The largest absolute Gasteiger partial charge is 0.508 e. The van der Waals surface area contributed by atoms with Crippen molar-refractivity contribution in [1.29, 1.82) is 0 Å². The highest BCUT2D eigenvalue weighted by Crippen LogP contribution is 2.54. The smallest absolute Gasteiger partial charge is 0.250 e. The van der Waals surface area contributed by atoms with Crippen LogP contribution < -0.4 is 10.6 Å². The van der Waals surface area contributed by atoms with Crippen LogP contribution in [0.1, 0.15) is 43.2 Å². The van der Waals surface area contributed by atoms with Crippen molar-refractivity contribution in [1.82, 2.24) is 10.2 Å². The molecule has 4 atom stereocenters. The van der Waals surface area contributed by atoms with Gasteiger partial charge in [0.05, 0.1) is 11.8 Å². The van der Waals surface area contributed by atoms with Crippen LogP contribution in [0.2, 0.25) is 0 Å². The monoisotopic (exact) mass is 463 g/mol. The van der Waals surface area contributed by atoms with E-state index in [1.807, 2.05) is 0 Å². The number of anilines is 1. The van der Waals surface area contributed by atoms with Crippen LogP contribution in [0.15, 0.2) is 42.5 Å². The van der Waals surface area contributed by atoms with Crippen LogP contribution in [0.5, 0.6) is 5.75 Å². The molecule has 1 saturated carbocycles. The predicted molar refractivity (Wildman–Crippen MR) is 121 cm³/mol. The maximum Gasteiger partial charge on any atom is 0.250 e. The number of fused-ring (bicyclic) bond motifs is 4. The lowest BCUT2D eigenvalue weighted by atomic mass is 9.76. The van der Waals surface area contributed by atoms with Gasteiger partial charge in [-0.3, -0.25) is 24.6 Å². The Morgan fingerprint density at radius 1 is 1.00 bits per heavy atom. The van der Waals surface area contributed by atoms with Crippen LogP contribution >= 0.6 is 0 Å². The molecule has 3 fully saturated rings. The SMILES string of the molecule is O=C1[C@@H]2[C@H](Cc3ccc(O)cc3)N[C@]3(C(=O)Nc4ccc(F)cc43)[C@H]2C(=O)N1C1CCCCC1. The maximum atomic E-state index is 14.3. The minimum atomic E-state index is -1.50. The topological polar surface area (TPSA) is 98.7 Å². The Morgan fingerprint density at radius 2 is 1.74 bits per heavy atom. The normalized spacial score (nSPS) is 30.7. The van der Waals surface area contributed by atoms with E-state index in [0.717, 1.165) is 37.7 Å². The fourth-order valence-corrected chi connectivity index (χ4v) is 6.56. The van der Waals surface area contributed by atoms with E-state index in [2.05, 4.69) is 10.6 Å². The van der Waals surface area contributed by atoms with Crippen LogP contribution in [0.4, 0.5) is 10.1 Å². The number of carbonyl (C=O) groups excluding carboxylic acids is 3. The second-order valence-corrected chi connectivity index (χ2v) is 9.92. The Morgan fingerprint density at radius 3 is 2.47 bits per heavy atom. The predicted octanol–water partition coefficient (Wildman–Crippen LogP) is 2.83. The minimum absolute atomic E-state index is 0.132. The number of rotatable bonds is 3. The number of phenolic OH excluding ortho intramolecular Hbond substituents is 1. The van der Waals surface area contributed by atoms with Crippen molar-refractivity contribution < 1.29 is 23.9 Å². The van der Waals surface area contributed by atoms with Gasteiger partial charge in [0, 0.05) is 23.3 Å². The van der Waals surface area contributed by atoms with Crippen LogP contribution in [0.3, 0.4) is 0 Å². The first-order valence-electron chi connectivity index (χ1n) is 11.9. The summed E-state index contributed by atoms with van der Waals surface area (Å²) in [5.41, 5.74) is 0.201. The Kier molecular flexibility index (Phi) is 4.78. The summed E-state index contributed by atoms with van der Waals surface area (Å²) in [6.07, 6.45) is 4.95. The summed E-state index contributed by atoms with van der Waals surface area (Å²) in [7, 11) is 0. The number of hydrogen-bond acceptors (Lipinski definition) is 5. The molecule has 3 amide bonds. The zero-order valence-corrected chi connectivity index (χ0v) is 18.6. The van der Waals surface area contributed by atoms with Gasteiger partial charge in [-0.05, 0) is 55.2 Å². The molecule has 8 heteroatoms. The Bertz CT molecular complexity index is 1190. The highest BCUT2D eigenvalue weighted by atomic mass is 19.1. The fraction of sp³-hybridized carbons (Fsp3) is 0.423. The third-order valence-corrected chi connectivity index (χ3v) is 8.04. The van der Waals surface area contributed by atoms with Gasteiger partial charge in [-0.2, -0.15) is 0 Å². The molecule has 1 spiro atoms. The molecule has 2 aromatic rings. The van der Waals surface area contributed by atoms with E-state index in [1.165, 1.54) is 23.1 Å². The zero-order valence-electron chi connectivity index (χ0n) is 18.6. The number of carbonyl (C=O) groups is 3. The lowest BCUT2D eigenvalue weighted by Gasteiger charge is -2.34. The summed E-state index contributed by atoms with van der Waals surface area (Å²) in [6.45, 7) is 0.